The van der Waals surface area contributed by atoms with Gasteiger partial charge in [-0.15, -0.1) is 0 Å². The molecule has 0 saturated carbocycles. The molecule has 2 aromatic carbocycles. The van der Waals surface area contributed by atoms with E-state index in [4.69, 9.17) is 4.98 Å². The molecule has 0 spiro atoms. The number of amides is 1. The van der Waals surface area contributed by atoms with E-state index in [0.717, 1.165) is 52.3 Å². The molecule has 1 aromatic heterocycles. The van der Waals surface area contributed by atoms with Crippen molar-refractivity contribution in [3.05, 3.63) is 87.0 Å². The summed E-state index contributed by atoms with van der Waals surface area (Å²) in [6.45, 7) is 6.79. The molecule has 1 aliphatic heterocycles. The number of halogens is 2. The second kappa shape index (κ2) is 10.4. The summed E-state index contributed by atoms with van der Waals surface area (Å²) in [5, 5.41) is 0. The molecular weight excluding hydrogens is 483 g/mol. The normalized spacial score (nSPS) is 14.3. The van der Waals surface area contributed by atoms with E-state index in [0.29, 0.717) is 31.6 Å². The van der Waals surface area contributed by atoms with Gasteiger partial charge < -0.3 is 9.80 Å². The number of hydrogen-bond acceptors (Lipinski definition) is 4. The van der Waals surface area contributed by atoms with Crippen molar-refractivity contribution in [2.75, 3.05) is 31.1 Å². The van der Waals surface area contributed by atoms with Crippen LogP contribution in [0.15, 0.2) is 53.0 Å². The fraction of sp³-hybridized carbons (Fsp3) is 0.346. The van der Waals surface area contributed by atoms with Crippen molar-refractivity contribution < 1.29 is 9.18 Å². The van der Waals surface area contributed by atoms with Crippen LogP contribution in [0.5, 0.6) is 0 Å². The monoisotopic (exact) mass is 510 g/mol. The summed E-state index contributed by atoms with van der Waals surface area (Å²) in [5.41, 5.74) is 3.62. The van der Waals surface area contributed by atoms with Crippen LogP contribution in [0.4, 0.5) is 10.2 Å². The minimum Gasteiger partial charge on any atom is -0.354 e. The smallest absolute Gasteiger partial charge is 0.255 e. The second-order valence-corrected chi connectivity index (χ2v) is 9.15. The Kier molecular flexibility index (Phi) is 7.38. The third-order valence-corrected chi connectivity index (χ3v) is 6.67. The van der Waals surface area contributed by atoms with Crippen LogP contribution >= 0.6 is 15.9 Å². The Morgan fingerprint density at radius 1 is 1.06 bits per heavy atom. The van der Waals surface area contributed by atoms with E-state index >= 15 is 0 Å². The zero-order valence-electron chi connectivity index (χ0n) is 19.0. The van der Waals surface area contributed by atoms with Gasteiger partial charge in [-0.2, -0.15) is 0 Å². The Labute approximate surface area is 202 Å². The van der Waals surface area contributed by atoms with Gasteiger partial charge in [-0.25, -0.2) is 14.4 Å². The second-order valence-electron chi connectivity index (χ2n) is 8.29. The maximum Gasteiger partial charge on any atom is 0.255 e. The number of carbonyl (C=O) groups excluding carboxylic acids is 1. The molecule has 0 N–H and O–H groups in total. The van der Waals surface area contributed by atoms with Crippen LogP contribution in [0, 0.1) is 12.7 Å². The van der Waals surface area contributed by atoms with E-state index in [-0.39, 0.29) is 11.7 Å². The molecule has 1 saturated heterocycles. The van der Waals surface area contributed by atoms with Crippen molar-refractivity contribution in [2.45, 2.75) is 33.1 Å². The Morgan fingerprint density at radius 2 is 1.88 bits per heavy atom. The maximum atomic E-state index is 13.8. The molecule has 33 heavy (non-hydrogen) atoms. The van der Waals surface area contributed by atoms with Gasteiger partial charge in [0.15, 0.2) is 0 Å². The van der Waals surface area contributed by atoms with Gasteiger partial charge in [-0.05, 0) is 65.5 Å². The Balaban J connectivity index is 1.60. The van der Waals surface area contributed by atoms with Crippen LogP contribution in [0.1, 0.15) is 46.3 Å². The summed E-state index contributed by atoms with van der Waals surface area (Å²) in [7, 11) is 0. The van der Waals surface area contributed by atoms with E-state index in [2.05, 4.69) is 32.7 Å². The van der Waals surface area contributed by atoms with Crippen LogP contribution in [0.3, 0.4) is 0 Å². The number of anilines is 1. The molecule has 5 nitrogen and oxygen atoms in total. The average molecular weight is 511 g/mol. The predicted molar refractivity (Wildman–Crippen MR) is 132 cm³/mol. The van der Waals surface area contributed by atoms with Gasteiger partial charge in [-0.1, -0.05) is 31.2 Å². The van der Waals surface area contributed by atoms with E-state index in [1.165, 1.54) is 6.07 Å². The van der Waals surface area contributed by atoms with E-state index < -0.39 is 0 Å². The molecule has 3 aromatic rings. The SMILES string of the molecule is CCc1nc(C)nc(N2CCCN(C(=O)c3ccccc3Br)CC2)c1Cc1cccc(F)c1. The van der Waals surface area contributed by atoms with Crippen molar-refractivity contribution in [1.29, 1.82) is 0 Å². The molecule has 7 heteroatoms. The van der Waals surface area contributed by atoms with Crippen molar-refractivity contribution in [1.82, 2.24) is 14.9 Å². The number of benzene rings is 2. The molecule has 2 heterocycles. The third-order valence-electron chi connectivity index (χ3n) is 5.97. The van der Waals surface area contributed by atoms with Gasteiger partial charge in [0.25, 0.3) is 5.91 Å². The molecule has 1 aliphatic rings. The van der Waals surface area contributed by atoms with E-state index in [1.807, 2.05) is 42.2 Å². The summed E-state index contributed by atoms with van der Waals surface area (Å²) >= 11 is 3.50. The first-order chi connectivity index (χ1) is 16.0. The molecule has 1 amide bonds. The number of nitrogens with zero attached hydrogens (tertiary/aromatic N) is 4. The lowest BCUT2D eigenvalue weighted by atomic mass is 10.0. The quantitative estimate of drug-likeness (QED) is 0.473. The van der Waals surface area contributed by atoms with Crippen LogP contribution < -0.4 is 4.90 Å². The van der Waals surface area contributed by atoms with Gasteiger partial charge in [0.2, 0.25) is 0 Å². The molecule has 0 radical (unpaired) electrons. The van der Waals surface area contributed by atoms with E-state index in [9.17, 15) is 9.18 Å². The number of rotatable bonds is 5. The topological polar surface area (TPSA) is 49.3 Å². The molecular formula is C26H28BrFN4O. The number of carbonyl (C=O) groups is 1. The Bertz CT molecular complexity index is 1150. The summed E-state index contributed by atoms with van der Waals surface area (Å²) < 4.78 is 14.6. The molecule has 4 rings (SSSR count). The summed E-state index contributed by atoms with van der Waals surface area (Å²) in [5.74, 6) is 1.43. The highest BCUT2D eigenvalue weighted by Crippen LogP contribution is 2.27. The minimum absolute atomic E-state index is 0.0393. The minimum atomic E-state index is -0.240. The number of aromatic nitrogens is 2. The first-order valence-corrected chi connectivity index (χ1v) is 12.1. The summed E-state index contributed by atoms with van der Waals surface area (Å²) in [6, 6.07) is 14.3. The Morgan fingerprint density at radius 3 is 2.64 bits per heavy atom. The average Bonchev–Trinajstić information content (AvgIpc) is 3.06. The van der Waals surface area contributed by atoms with Crippen LogP contribution in [-0.2, 0) is 12.8 Å². The molecule has 0 atom stereocenters. The lowest BCUT2D eigenvalue weighted by Crippen LogP contribution is -2.36. The van der Waals surface area contributed by atoms with Crippen LogP contribution in [0.25, 0.3) is 0 Å². The van der Waals surface area contributed by atoms with Gasteiger partial charge in [0.05, 0.1) is 5.56 Å². The molecule has 0 unspecified atom stereocenters. The zero-order chi connectivity index (χ0) is 23.4. The fourth-order valence-electron chi connectivity index (χ4n) is 4.36. The number of aryl methyl sites for hydroxylation is 2. The molecule has 0 aliphatic carbocycles. The highest BCUT2D eigenvalue weighted by atomic mass is 79.9. The highest BCUT2D eigenvalue weighted by molar-refractivity contribution is 9.10. The summed E-state index contributed by atoms with van der Waals surface area (Å²) in [6.07, 6.45) is 2.20. The third kappa shape index (κ3) is 5.41. The van der Waals surface area contributed by atoms with Crippen LogP contribution in [0.2, 0.25) is 0 Å². The van der Waals surface area contributed by atoms with Crippen molar-refractivity contribution in [2.24, 2.45) is 0 Å². The Hall–Kier alpha value is -2.80. The molecule has 1 fully saturated rings. The maximum absolute atomic E-state index is 13.8. The standard InChI is InChI=1S/C26H28BrFN4O/c1-3-24-22(17-19-8-6-9-20(28)16-19)25(30-18(2)29-24)31-12-7-13-32(15-14-31)26(33)21-10-4-5-11-23(21)27/h4-6,8-11,16H,3,7,12-15,17H2,1-2H3. The lowest BCUT2D eigenvalue weighted by Gasteiger charge is -2.26. The van der Waals surface area contributed by atoms with E-state index in [1.54, 1.807) is 12.1 Å². The largest absolute Gasteiger partial charge is 0.354 e. The van der Waals surface area contributed by atoms with Crippen molar-refractivity contribution in [3.63, 3.8) is 0 Å². The fourth-order valence-corrected chi connectivity index (χ4v) is 4.82. The molecule has 0 bridgehead atoms. The molecule has 172 valence electrons. The van der Waals surface area contributed by atoms with Gasteiger partial charge in [0, 0.05) is 48.3 Å². The zero-order valence-corrected chi connectivity index (χ0v) is 20.6. The first kappa shape index (κ1) is 23.4. The predicted octanol–water partition coefficient (Wildman–Crippen LogP) is 5.19. The lowest BCUT2D eigenvalue weighted by molar-refractivity contribution is 0.0766. The van der Waals surface area contributed by atoms with Gasteiger partial charge in [-0.3, -0.25) is 4.79 Å². The van der Waals surface area contributed by atoms with Gasteiger partial charge >= 0.3 is 0 Å². The number of hydrogen-bond donors (Lipinski definition) is 0. The van der Waals surface area contributed by atoms with Gasteiger partial charge in [0.1, 0.15) is 17.5 Å². The van der Waals surface area contributed by atoms with Crippen molar-refractivity contribution in [3.8, 4) is 0 Å². The summed E-state index contributed by atoms with van der Waals surface area (Å²) in [4.78, 5) is 26.8. The highest BCUT2D eigenvalue weighted by Gasteiger charge is 2.25. The first-order valence-electron chi connectivity index (χ1n) is 11.4. The van der Waals surface area contributed by atoms with Crippen molar-refractivity contribution >= 4 is 27.7 Å². The van der Waals surface area contributed by atoms with Crippen LogP contribution in [-0.4, -0.2) is 47.0 Å².